The van der Waals surface area contributed by atoms with Crippen molar-refractivity contribution in [3.05, 3.63) is 0 Å². The fourth-order valence-electron chi connectivity index (χ4n) is 2.21. The molecule has 0 saturated heterocycles. The van der Waals surface area contributed by atoms with E-state index in [0.717, 1.165) is 0 Å². The van der Waals surface area contributed by atoms with Crippen LogP contribution >= 0.6 is 0 Å². The van der Waals surface area contributed by atoms with Gasteiger partial charge in [0.05, 0.1) is 6.04 Å². The summed E-state index contributed by atoms with van der Waals surface area (Å²) in [4.78, 5) is 57.3. The van der Waals surface area contributed by atoms with Crippen molar-refractivity contribution < 1.29 is 34.2 Å². The Hall–Kier alpha value is -2.69. The smallest absolute Gasteiger partial charge is 0.326 e. The molecule has 11 heteroatoms. The molecule has 8 N–H and O–H groups in total. The largest absolute Gasteiger partial charge is 0.481 e. The van der Waals surface area contributed by atoms with Gasteiger partial charge in [-0.2, -0.15) is 0 Å². The number of carbonyl (C=O) groups excluding carboxylic acids is 3. The molecular weight excluding hydrogens is 360 g/mol. The quantitative estimate of drug-likeness (QED) is 0.220. The van der Waals surface area contributed by atoms with Crippen LogP contribution in [0.5, 0.6) is 0 Å². The van der Waals surface area contributed by atoms with Crippen LogP contribution < -0.4 is 22.1 Å². The van der Waals surface area contributed by atoms with Gasteiger partial charge in [0.2, 0.25) is 17.7 Å². The highest BCUT2D eigenvalue weighted by molar-refractivity contribution is 5.92. The highest BCUT2D eigenvalue weighted by Gasteiger charge is 2.28. The Bertz CT molecular complexity index is 565. The van der Waals surface area contributed by atoms with Crippen molar-refractivity contribution in [3.8, 4) is 0 Å². The second-order valence-corrected chi connectivity index (χ2v) is 6.63. The predicted molar refractivity (Wildman–Crippen MR) is 94.2 cm³/mol. The molecule has 0 aromatic carbocycles. The van der Waals surface area contributed by atoms with Gasteiger partial charge in [0.25, 0.3) is 0 Å². The fourth-order valence-corrected chi connectivity index (χ4v) is 2.21. The highest BCUT2D eigenvalue weighted by atomic mass is 16.4. The standard InChI is InChI=1S/C16H28N4O7/c1-8(2)7-11(16(26)27)20-15(25)10(4-6-13(22)23)19-14(24)9(17)3-5-12(18)21/h8-11H,3-7,17H2,1-2H3,(H2,18,21)(H,19,24)(H,20,25)(H,22,23)(H,26,27). The first-order valence-corrected chi connectivity index (χ1v) is 8.53. The van der Waals surface area contributed by atoms with Gasteiger partial charge in [0, 0.05) is 12.8 Å². The number of nitrogens with one attached hydrogen (secondary N) is 2. The van der Waals surface area contributed by atoms with E-state index in [1.165, 1.54) is 0 Å². The lowest BCUT2D eigenvalue weighted by Gasteiger charge is -2.23. The van der Waals surface area contributed by atoms with Crippen molar-refractivity contribution in [1.82, 2.24) is 10.6 Å². The Labute approximate surface area is 156 Å². The second-order valence-electron chi connectivity index (χ2n) is 6.63. The zero-order valence-electron chi connectivity index (χ0n) is 15.4. The molecule has 0 saturated carbocycles. The third-order valence-corrected chi connectivity index (χ3v) is 3.64. The molecule has 0 spiro atoms. The molecule has 0 rings (SSSR count). The number of carboxylic acid groups (broad SMARTS) is 2. The number of nitrogens with two attached hydrogens (primary N) is 2. The zero-order valence-corrected chi connectivity index (χ0v) is 15.4. The summed E-state index contributed by atoms with van der Waals surface area (Å²) in [6.07, 6.45) is -0.672. The Balaban J connectivity index is 5.07. The minimum absolute atomic E-state index is 0.0133. The van der Waals surface area contributed by atoms with Gasteiger partial charge >= 0.3 is 11.9 Å². The number of rotatable bonds is 13. The van der Waals surface area contributed by atoms with Crippen LogP contribution in [0.15, 0.2) is 0 Å². The molecule has 27 heavy (non-hydrogen) atoms. The number of hydrogen-bond acceptors (Lipinski definition) is 6. The third-order valence-electron chi connectivity index (χ3n) is 3.64. The molecule has 0 aliphatic carbocycles. The molecular formula is C16H28N4O7. The minimum Gasteiger partial charge on any atom is -0.481 e. The molecule has 0 aromatic heterocycles. The summed E-state index contributed by atoms with van der Waals surface area (Å²) in [6, 6.07) is -3.57. The molecule has 0 heterocycles. The van der Waals surface area contributed by atoms with Crippen LogP contribution in [0.1, 0.15) is 46.0 Å². The summed E-state index contributed by atoms with van der Waals surface area (Å²) in [5.41, 5.74) is 10.6. The number of carboxylic acids is 2. The molecule has 0 aromatic rings. The summed E-state index contributed by atoms with van der Waals surface area (Å²) in [5.74, 6) is -4.66. The van der Waals surface area contributed by atoms with Crippen LogP contribution in [0.3, 0.4) is 0 Å². The monoisotopic (exact) mass is 388 g/mol. The Morgan fingerprint density at radius 2 is 1.44 bits per heavy atom. The fraction of sp³-hybridized carbons (Fsp3) is 0.688. The van der Waals surface area contributed by atoms with Crippen molar-refractivity contribution in [2.75, 3.05) is 0 Å². The number of hydrogen-bond donors (Lipinski definition) is 6. The number of carbonyl (C=O) groups is 5. The number of amides is 3. The van der Waals surface area contributed by atoms with Gasteiger partial charge in [0.15, 0.2) is 0 Å². The topological polar surface area (TPSA) is 202 Å². The minimum atomic E-state index is -1.28. The first kappa shape index (κ1) is 24.3. The summed E-state index contributed by atoms with van der Waals surface area (Å²) < 4.78 is 0. The van der Waals surface area contributed by atoms with Crippen LogP contribution in [-0.4, -0.2) is 58.0 Å². The molecule has 3 amide bonds. The summed E-state index contributed by atoms with van der Waals surface area (Å²) in [5, 5.41) is 22.6. The lowest BCUT2D eigenvalue weighted by Crippen LogP contribution is -2.54. The Kier molecular flexibility index (Phi) is 10.7. The van der Waals surface area contributed by atoms with Gasteiger partial charge in [-0.15, -0.1) is 0 Å². The summed E-state index contributed by atoms with van der Waals surface area (Å²) >= 11 is 0. The number of primary amides is 1. The van der Waals surface area contributed by atoms with E-state index in [9.17, 15) is 29.1 Å². The molecule has 0 radical (unpaired) electrons. The lowest BCUT2D eigenvalue weighted by molar-refractivity contribution is -0.143. The number of aliphatic carboxylic acids is 2. The van der Waals surface area contributed by atoms with Crippen LogP contribution in [0.25, 0.3) is 0 Å². The van der Waals surface area contributed by atoms with Gasteiger partial charge in [-0.1, -0.05) is 13.8 Å². The molecule has 0 bridgehead atoms. The lowest BCUT2D eigenvalue weighted by atomic mass is 10.0. The zero-order chi connectivity index (χ0) is 21.1. The van der Waals surface area contributed by atoms with Gasteiger partial charge in [-0.05, 0) is 25.2 Å². The predicted octanol–water partition coefficient (Wildman–Crippen LogP) is -1.46. The van der Waals surface area contributed by atoms with Crippen molar-refractivity contribution in [3.63, 3.8) is 0 Å². The molecule has 0 aliphatic heterocycles. The molecule has 154 valence electrons. The molecule has 0 aliphatic rings. The maximum atomic E-state index is 12.4. The van der Waals surface area contributed by atoms with Gasteiger partial charge < -0.3 is 32.3 Å². The molecule has 3 unspecified atom stereocenters. The maximum Gasteiger partial charge on any atom is 0.326 e. The summed E-state index contributed by atoms with van der Waals surface area (Å²) in [7, 11) is 0. The van der Waals surface area contributed by atoms with Crippen molar-refractivity contribution >= 4 is 29.7 Å². The summed E-state index contributed by atoms with van der Waals surface area (Å²) in [6.45, 7) is 3.56. The van der Waals surface area contributed by atoms with Crippen molar-refractivity contribution in [2.45, 2.75) is 64.1 Å². The normalized spacial score (nSPS) is 14.1. The van der Waals surface area contributed by atoms with Crippen molar-refractivity contribution in [1.29, 1.82) is 0 Å². The van der Waals surface area contributed by atoms with E-state index in [4.69, 9.17) is 16.6 Å². The van der Waals surface area contributed by atoms with E-state index in [1.54, 1.807) is 13.8 Å². The third kappa shape index (κ3) is 10.8. The van der Waals surface area contributed by atoms with Crippen LogP contribution in [0, 0.1) is 5.92 Å². The first-order chi connectivity index (χ1) is 12.4. The van der Waals surface area contributed by atoms with Crippen LogP contribution in [-0.2, 0) is 24.0 Å². The second kappa shape index (κ2) is 11.8. The first-order valence-electron chi connectivity index (χ1n) is 8.53. The average molecular weight is 388 g/mol. The Morgan fingerprint density at radius 1 is 0.889 bits per heavy atom. The van der Waals surface area contributed by atoms with E-state index in [1.807, 2.05) is 0 Å². The molecule has 11 nitrogen and oxygen atoms in total. The van der Waals surface area contributed by atoms with Gasteiger partial charge in [0.1, 0.15) is 12.1 Å². The van der Waals surface area contributed by atoms with E-state index in [-0.39, 0.29) is 31.6 Å². The van der Waals surface area contributed by atoms with Gasteiger partial charge in [-0.3, -0.25) is 19.2 Å². The van der Waals surface area contributed by atoms with Gasteiger partial charge in [-0.25, -0.2) is 4.79 Å². The van der Waals surface area contributed by atoms with E-state index in [2.05, 4.69) is 10.6 Å². The Morgan fingerprint density at radius 3 is 1.89 bits per heavy atom. The molecule has 3 atom stereocenters. The van der Waals surface area contributed by atoms with Crippen LogP contribution in [0.2, 0.25) is 0 Å². The molecule has 0 fully saturated rings. The van der Waals surface area contributed by atoms with E-state index >= 15 is 0 Å². The van der Waals surface area contributed by atoms with E-state index < -0.39 is 54.2 Å². The van der Waals surface area contributed by atoms with E-state index in [0.29, 0.717) is 0 Å². The van der Waals surface area contributed by atoms with Crippen molar-refractivity contribution in [2.24, 2.45) is 17.4 Å². The maximum absolute atomic E-state index is 12.4. The highest BCUT2D eigenvalue weighted by Crippen LogP contribution is 2.07. The SMILES string of the molecule is CC(C)CC(NC(=O)C(CCC(=O)O)NC(=O)C(N)CCC(N)=O)C(=O)O. The average Bonchev–Trinajstić information content (AvgIpc) is 2.54. The van der Waals surface area contributed by atoms with Crippen LogP contribution in [0.4, 0.5) is 0 Å².